The van der Waals surface area contributed by atoms with Gasteiger partial charge in [-0.25, -0.2) is 4.79 Å². The molecule has 6 nitrogen and oxygen atoms in total. The maximum atomic E-state index is 12.8. The molecule has 25 heavy (non-hydrogen) atoms. The van der Waals surface area contributed by atoms with Gasteiger partial charge < -0.3 is 9.67 Å². The number of aliphatic hydroxyl groups is 1. The van der Waals surface area contributed by atoms with Crippen LogP contribution in [0, 0.1) is 0 Å². The van der Waals surface area contributed by atoms with E-state index < -0.39 is 5.54 Å². The highest BCUT2D eigenvalue weighted by Crippen LogP contribution is 2.33. The lowest BCUT2D eigenvalue weighted by Crippen LogP contribution is -2.36. The molecule has 0 saturated heterocycles. The van der Waals surface area contributed by atoms with E-state index >= 15 is 0 Å². The van der Waals surface area contributed by atoms with Crippen LogP contribution in [0.3, 0.4) is 0 Å². The summed E-state index contributed by atoms with van der Waals surface area (Å²) in [4.78, 5) is 25.1. The van der Waals surface area contributed by atoms with Gasteiger partial charge in [0.25, 0.3) is 5.56 Å². The molecule has 3 aromatic rings. The van der Waals surface area contributed by atoms with Crippen molar-refractivity contribution in [3.05, 3.63) is 56.3 Å². The van der Waals surface area contributed by atoms with E-state index in [0.29, 0.717) is 21.6 Å². The number of benzene rings is 1. The molecule has 0 saturated carbocycles. The topological polar surface area (TPSA) is 69.2 Å². The summed E-state index contributed by atoms with van der Waals surface area (Å²) >= 11 is 5.99. The maximum absolute atomic E-state index is 12.8. The average molecular weight is 362 g/mol. The number of hydrogen-bond acceptors (Lipinski definition) is 3. The van der Waals surface area contributed by atoms with Crippen LogP contribution in [-0.2, 0) is 19.6 Å². The maximum Gasteiger partial charge on any atom is 0.330 e. The molecular formula is C18H20ClN3O3. The molecule has 0 atom stereocenters. The molecule has 0 fully saturated rings. The minimum atomic E-state index is -0.658. The smallest absolute Gasteiger partial charge is 0.330 e. The predicted octanol–water partition coefficient (Wildman–Crippen LogP) is 2.09. The van der Waals surface area contributed by atoms with Gasteiger partial charge in [-0.05, 0) is 31.5 Å². The number of nitrogens with zero attached hydrogens (tertiary/aromatic N) is 3. The number of rotatable bonds is 3. The SMILES string of the molecule is Cn1c(=O)c2c(-c3ccc(Cl)cc3)n(C(C)(C)CO)cc2n(C)c1=O. The third-order valence-electron chi connectivity index (χ3n) is 4.60. The van der Waals surface area contributed by atoms with Crippen molar-refractivity contribution in [2.24, 2.45) is 14.1 Å². The predicted molar refractivity (Wildman–Crippen MR) is 99.3 cm³/mol. The fourth-order valence-electron chi connectivity index (χ4n) is 2.99. The van der Waals surface area contributed by atoms with Crippen LogP contribution in [0.2, 0.25) is 5.02 Å². The Morgan fingerprint density at radius 1 is 1.08 bits per heavy atom. The molecule has 7 heteroatoms. The molecule has 0 aliphatic heterocycles. The molecule has 0 aliphatic rings. The number of fused-ring (bicyclic) bond motifs is 1. The van der Waals surface area contributed by atoms with Crippen LogP contribution in [0.5, 0.6) is 0 Å². The highest BCUT2D eigenvalue weighted by atomic mass is 35.5. The normalized spacial score (nSPS) is 12.1. The second-order valence-corrected chi connectivity index (χ2v) is 7.23. The first kappa shape index (κ1) is 17.5. The van der Waals surface area contributed by atoms with Gasteiger partial charge in [0.1, 0.15) is 0 Å². The lowest BCUT2D eigenvalue weighted by atomic mass is 10.0. The van der Waals surface area contributed by atoms with Gasteiger partial charge in [-0.1, -0.05) is 23.7 Å². The first-order chi connectivity index (χ1) is 11.7. The van der Waals surface area contributed by atoms with Gasteiger partial charge in [-0.3, -0.25) is 13.9 Å². The van der Waals surface area contributed by atoms with E-state index in [1.54, 1.807) is 25.4 Å². The van der Waals surface area contributed by atoms with Gasteiger partial charge >= 0.3 is 5.69 Å². The molecule has 0 bridgehead atoms. The van der Waals surface area contributed by atoms with Gasteiger partial charge in [0, 0.05) is 25.3 Å². The van der Waals surface area contributed by atoms with Gasteiger partial charge in [0.15, 0.2) is 0 Å². The minimum absolute atomic E-state index is 0.122. The van der Waals surface area contributed by atoms with Crippen LogP contribution >= 0.6 is 11.6 Å². The van der Waals surface area contributed by atoms with Crippen LogP contribution in [0.1, 0.15) is 13.8 Å². The summed E-state index contributed by atoms with van der Waals surface area (Å²) in [5.74, 6) is 0. The monoisotopic (exact) mass is 361 g/mol. The molecule has 2 heterocycles. The molecule has 0 amide bonds. The zero-order valence-corrected chi connectivity index (χ0v) is 15.3. The number of hydrogen-bond donors (Lipinski definition) is 1. The number of aliphatic hydroxyl groups excluding tert-OH is 1. The standard InChI is InChI=1S/C18H20ClN3O3/c1-18(2,10-23)22-9-13-14(16(24)21(4)17(25)20(13)3)15(22)11-5-7-12(19)8-6-11/h5-9,23H,10H2,1-4H3. The van der Waals surface area contributed by atoms with Crippen molar-refractivity contribution >= 4 is 22.5 Å². The summed E-state index contributed by atoms with van der Waals surface area (Å²) in [6.07, 6.45) is 1.75. The summed E-state index contributed by atoms with van der Waals surface area (Å²) in [5.41, 5.74) is 0.558. The van der Waals surface area contributed by atoms with Crippen molar-refractivity contribution in [2.45, 2.75) is 19.4 Å². The molecule has 0 radical (unpaired) electrons. The average Bonchev–Trinajstić information content (AvgIpc) is 3.00. The molecular weight excluding hydrogens is 342 g/mol. The fraction of sp³-hybridized carbons (Fsp3) is 0.333. The van der Waals surface area contributed by atoms with Gasteiger partial charge in [-0.2, -0.15) is 0 Å². The lowest BCUT2D eigenvalue weighted by molar-refractivity contribution is 0.166. The van der Waals surface area contributed by atoms with Crippen LogP contribution in [0.15, 0.2) is 40.1 Å². The highest BCUT2D eigenvalue weighted by Gasteiger charge is 2.27. The van der Waals surface area contributed by atoms with Crippen molar-refractivity contribution in [3.63, 3.8) is 0 Å². The van der Waals surface area contributed by atoms with Gasteiger partial charge in [0.2, 0.25) is 0 Å². The lowest BCUT2D eigenvalue weighted by Gasteiger charge is -2.27. The Hall–Kier alpha value is -2.31. The number of aryl methyl sites for hydroxylation is 1. The second-order valence-electron chi connectivity index (χ2n) is 6.79. The van der Waals surface area contributed by atoms with Crippen molar-refractivity contribution in [3.8, 4) is 11.3 Å². The Bertz CT molecular complexity index is 1070. The van der Waals surface area contributed by atoms with E-state index in [9.17, 15) is 14.7 Å². The Labute approximate surface area is 149 Å². The Morgan fingerprint density at radius 3 is 2.24 bits per heavy atom. The molecule has 0 aliphatic carbocycles. The highest BCUT2D eigenvalue weighted by molar-refractivity contribution is 6.30. The molecule has 132 valence electrons. The van der Waals surface area contributed by atoms with E-state index in [1.807, 2.05) is 30.5 Å². The Kier molecular flexibility index (Phi) is 4.13. The molecule has 2 aromatic heterocycles. The largest absolute Gasteiger partial charge is 0.394 e. The molecule has 1 N–H and O–H groups in total. The van der Waals surface area contributed by atoms with Crippen molar-refractivity contribution in [1.82, 2.24) is 13.7 Å². The molecule has 3 rings (SSSR count). The van der Waals surface area contributed by atoms with Crippen LogP contribution in [0.25, 0.3) is 22.2 Å². The number of halogens is 1. The third kappa shape index (κ3) is 2.62. The van der Waals surface area contributed by atoms with E-state index in [2.05, 4.69) is 0 Å². The summed E-state index contributed by atoms with van der Waals surface area (Å²) in [6.45, 7) is 3.62. The van der Waals surface area contributed by atoms with Gasteiger partial charge in [0.05, 0.1) is 28.7 Å². The summed E-state index contributed by atoms with van der Waals surface area (Å²) in [5, 5.41) is 10.9. The number of aromatic nitrogens is 3. The van der Waals surface area contributed by atoms with Crippen molar-refractivity contribution in [2.75, 3.05) is 6.61 Å². The van der Waals surface area contributed by atoms with Gasteiger partial charge in [-0.15, -0.1) is 0 Å². The quantitative estimate of drug-likeness (QED) is 0.776. The first-order valence-electron chi connectivity index (χ1n) is 7.87. The first-order valence-corrected chi connectivity index (χ1v) is 8.25. The zero-order valence-electron chi connectivity index (χ0n) is 14.6. The Morgan fingerprint density at radius 2 is 1.68 bits per heavy atom. The van der Waals surface area contributed by atoms with Crippen molar-refractivity contribution < 1.29 is 5.11 Å². The summed E-state index contributed by atoms with van der Waals surface area (Å²) in [6, 6.07) is 7.15. The van der Waals surface area contributed by atoms with Crippen molar-refractivity contribution in [1.29, 1.82) is 0 Å². The van der Waals surface area contributed by atoms with E-state index in [4.69, 9.17) is 11.6 Å². The van der Waals surface area contributed by atoms with Crippen LogP contribution in [-0.4, -0.2) is 25.4 Å². The molecule has 1 aromatic carbocycles. The fourth-order valence-corrected chi connectivity index (χ4v) is 3.11. The van der Waals surface area contributed by atoms with E-state index in [0.717, 1.165) is 10.1 Å². The van der Waals surface area contributed by atoms with Crippen LogP contribution < -0.4 is 11.2 Å². The second kappa shape index (κ2) is 5.89. The van der Waals surface area contributed by atoms with E-state index in [1.165, 1.54) is 11.6 Å². The van der Waals surface area contributed by atoms with E-state index in [-0.39, 0.29) is 17.9 Å². The summed E-state index contributed by atoms with van der Waals surface area (Å²) in [7, 11) is 3.09. The molecule has 0 spiro atoms. The zero-order chi connectivity index (χ0) is 18.5. The summed E-state index contributed by atoms with van der Waals surface area (Å²) < 4.78 is 4.39. The Balaban J connectivity index is 2.55. The molecule has 0 unspecified atom stereocenters. The third-order valence-corrected chi connectivity index (χ3v) is 4.85. The minimum Gasteiger partial charge on any atom is -0.394 e. The van der Waals surface area contributed by atoms with Crippen LogP contribution in [0.4, 0.5) is 0 Å².